The molecule has 114 valence electrons. The number of hydrogen-bond acceptors (Lipinski definition) is 2. The topological polar surface area (TPSA) is 55.1 Å². The van der Waals surface area contributed by atoms with Crippen molar-refractivity contribution in [3.8, 4) is 0 Å². The molecule has 4 saturated carbocycles. The molecule has 4 aliphatic carbocycles. The van der Waals surface area contributed by atoms with Crippen molar-refractivity contribution >= 4 is 5.91 Å². The summed E-state index contributed by atoms with van der Waals surface area (Å²) in [5.74, 6) is 3.39. The lowest BCUT2D eigenvalue weighted by Crippen LogP contribution is -2.53. The maximum Gasteiger partial charge on any atom is 0.236 e. The normalized spacial score (nSPS) is 40.1. The summed E-state index contributed by atoms with van der Waals surface area (Å²) >= 11 is 0. The van der Waals surface area contributed by atoms with E-state index in [-0.39, 0.29) is 11.9 Å². The van der Waals surface area contributed by atoms with Crippen LogP contribution in [0.3, 0.4) is 0 Å². The van der Waals surface area contributed by atoms with Crippen molar-refractivity contribution in [3.05, 3.63) is 0 Å². The van der Waals surface area contributed by atoms with Gasteiger partial charge in [-0.1, -0.05) is 13.8 Å². The van der Waals surface area contributed by atoms with Crippen molar-refractivity contribution in [1.82, 2.24) is 5.32 Å². The van der Waals surface area contributed by atoms with Crippen LogP contribution in [0.4, 0.5) is 0 Å². The van der Waals surface area contributed by atoms with Crippen LogP contribution in [-0.2, 0) is 4.79 Å². The van der Waals surface area contributed by atoms with Crippen LogP contribution >= 0.6 is 0 Å². The highest BCUT2D eigenvalue weighted by atomic mass is 16.2. The molecule has 3 heteroatoms. The summed E-state index contributed by atoms with van der Waals surface area (Å²) in [5, 5.41) is 3.18. The van der Waals surface area contributed by atoms with Gasteiger partial charge in [-0.05, 0) is 74.0 Å². The Morgan fingerprint density at radius 1 is 1.15 bits per heavy atom. The molecular weight excluding hydrogens is 248 g/mol. The van der Waals surface area contributed by atoms with Gasteiger partial charge in [-0.2, -0.15) is 0 Å². The Morgan fingerprint density at radius 2 is 1.65 bits per heavy atom. The van der Waals surface area contributed by atoms with Gasteiger partial charge in [0, 0.05) is 6.54 Å². The zero-order valence-corrected chi connectivity index (χ0v) is 13.0. The molecule has 1 unspecified atom stereocenters. The van der Waals surface area contributed by atoms with E-state index in [9.17, 15) is 4.79 Å². The van der Waals surface area contributed by atoms with Crippen LogP contribution in [-0.4, -0.2) is 18.5 Å². The first-order valence-electron chi connectivity index (χ1n) is 8.49. The molecule has 0 aromatic rings. The maximum atomic E-state index is 12.1. The van der Waals surface area contributed by atoms with Gasteiger partial charge < -0.3 is 11.1 Å². The molecule has 0 radical (unpaired) electrons. The fraction of sp³-hybridized carbons (Fsp3) is 0.941. The highest BCUT2D eigenvalue weighted by Crippen LogP contribution is 2.59. The minimum Gasteiger partial charge on any atom is -0.354 e. The predicted octanol–water partition coefficient (Wildman–Crippen LogP) is 2.69. The zero-order chi connectivity index (χ0) is 14.3. The average molecular weight is 278 g/mol. The number of nitrogens with two attached hydrogens (primary N) is 1. The third-order valence-electron chi connectivity index (χ3n) is 5.86. The SMILES string of the molecule is CC(C)CC(N)C(=O)NCC12CC3CC(CC(C3)C1)C2. The van der Waals surface area contributed by atoms with E-state index >= 15 is 0 Å². The van der Waals surface area contributed by atoms with Crippen LogP contribution in [0.2, 0.25) is 0 Å². The number of hydrogen-bond donors (Lipinski definition) is 2. The second-order valence-electron chi connectivity index (χ2n) is 8.37. The van der Waals surface area contributed by atoms with Crippen LogP contribution < -0.4 is 11.1 Å². The van der Waals surface area contributed by atoms with Gasteiger partial charge in [0.05, 0.1) is 6.04 Å². The molecule has 0 heterocycles. The molecule has 4 bridgehead atoms. The van der Waals surface area contributed by atoms with Gasteiger partial charge >= 0.3 is 0 Å². The molecule has 4 fully saturated rings. The largest absolute Gasteiger partial charge is 0.354 e. The quantitative estimate of drug-likeness (QED) is 0.812. The van der Waals surface area contributed by atoms with Crippen molar-refractivity contribution in [2.75, 3.05) is 6.54 Å². The molecule has 4 rings (SSSR count). The smallest absolute Gasteiger partial charge is 0.236 e. The van der Waals surface area contributed by atoms with Gasteiger partial charge in [-0.3, -0.25) is 4.79 Å². The van der Waals surface area contributed by atoms with Crippen molar-refractivity contribution in [2.45, 2.75) is 64.8 Å². The predicted molar refractivity (Wildman–Crippen MR) is 81.0 cm³/mol. The molecule has 3 nitrogen and oxygen atoms in total. The number of nitrogens with one attached hydrogen (secondary N) is 1. The molecule has 20 heavy (non-hydrogen) atoms. The van der Waals surface area contributed by atoms with Crippen molar-refractivity contribution in [1.29, 1.82) is 0 Å². The third kappa shape index (κ3) is 2.88. The fourth-order valence-electron chi connectivity index (χ4n) is 5.53. The lowest BCUT2D eigenvalue weighted by Gasteiger charge is -2.57. The number of rotatable bonds is 5. The molecule has 0 aromatic heterocycles. The lowest BCUT2D eigenvalue weighted by molar-refractivity contribution is -0.124. The average Bonchev–Trinajstić information content (AvgIpc) is 2.33. The Balaban J connectivity index is 1.54. The van der Waals surface area contributed by atoms with Gasteiger partial charge in [0.1, 0.15) is 0 Å². The van der Waals surface area contributed by atoms with E-state index in [0.29, 0.717) is 11.3 Å². The Bertz CT molecular complexity index is 342. The molecule has 1 amide bonds. The van der Waals surface area contributed by atoms with E-state index in [0.717, 1.165) is 30.7 Å². The van der Waals surface area contributed by atoms with Gasteiger partial charge in [0.15, 0.2) is 0 Å². The Morgan fingerprint density at radius 3 is 2.10 bits per heavy atom. The molecule has 1 atom stereocenters. The van der Waals surface area contributed by atoms with Gasteiger partial charge in [-0.25, -0.2) is 0 Å². The molecule has 4 aliphatic rings. The molecule has 0 aliphatic heterocycles. The van der Waals surface area contributed by atoms with E-state index < -0.39 is 0 Å². The number of amides is 1. The summed E-state index contributed by atoms with van der Waals surface area (Å²) in [4.78, 5) is 12.1. The summed E-state index contributed by atoms with van der Waals surface area (Å²) < 4.78 is 0. The van der Waals surface area contributed by atoms with E-state index in [2.05, 4.69) is 19.2 Å². The van der Waals surface area contributed by atoms with Gasteiger partial charge in [0.25, 0.3) is 0 Å². The zero-order valence-electron chi connectivity index (χ0n) is 13.0. The minimum absolute atomic E-state index is 0.0643. The molecular formula is C17H30N2O. The summed E-state index contributed by atoms with van der Waals surface area (Å²) in [7, 11) is 0. The highest BCUT2D eigenvalue weighted by Gasteiger charge is 2.50. The molecule has 0 aromatic carbocycles. The van der Waals surface area contributed by atoms with E-state index in [1.807, 2.05) is 0 Å². The Labute approximate surface area is 123 Å². The highest BCUT2D eigenvalue weighted by molar-refractivity contribution is 5.81. The molecule has 0 saturated heterocycles. The monoisotopic (exact) mass is 278 g/mol. The van der Waals surface area contributed by atoms with Crippen LogP contribution in [0.5, 0.6) is 0 Å². The Hall–Kier alpha value is -0.570. The first kappa shape index (κ1) is 14.4. The van der Waals surface area contributed by atoms with Crippen LogP contribution in [0.25, 0.3) is 0 Å². The van der Waals surface area contributed by atoms with Gasteiger partial charge in [-0.15, -0.1) is 0 Å². The Kier molecular flexibility index (Phi) is 3.83. The van der Waals surface area contributed by atoms with Crippen molar-refractivity contribution in [3.63, 3.8) is 0 Å². The minimum atomic E-state index is -0.330. The lowest BCUT2D eigenvalue weighted by atomic mass is 9.49. The summed E-state index contributed by atoms with van der Waals surface area (Å²) in [5.41, 5.74) is 6.40. The maximum absolute atomic E-state index is 12.1. The number of carbonyl (C=O) groups is 1. The first-order chi connectivity index (χ1) is 9.46. The van der Waals surface area contributed by atoms with Gasteiger partial charge in [0.2, 0.25) is 5.91 Å². The summed E-state index contributed by atoms with van der Waals surface area (Å²) in [6.45, 7) is 5.11. The fourth-order valence-corrected chi connectivity index (χ4v) is 5.53. The molecule has 0 spiro atoms. The van der Waals surface area contributed by atoms with Crippen LogP contribution in [0.1, 0.15) is 58.8 Å². The first-order valence-corrected chi connectivity index (χ1v) is 8.49. The number of carbonyl (C=O) groups excluding carboxylic acids is 1. The van der Waals surface area contributed by atoms with E-state index in [1.165, 1.54) is 38.5 Å². The van der Waals surface area contributed by atoms with Crippen LogP contribution in [0.15, 0.2) is 0 Å². The second kappa shape index (κ2) is 5.32. The third-order valence-corrected chi connectivity index (χ3v) is 5.86. The van der Waals surface area contributed by atoms with Crippen molar-refractivity contribution < 1.29 is 4.79 Å². The molecule has 3 N–H and O–H groups in total. The summed E-state index contributed by atoms with van der Waals surface area (Å²) in [6, 6.07) is -0.330. The van der Waals surface area contributed by atoms with Crippen molar-refractivity contribution in [2.24, 2.45) is 34.8 Å². The second-order valence-corrected chi connectivity index (χ2v) is 8.37. The van der Waals surface area contributed by atoms with E-state index in [1.54, 1.807) is 0 Å². The van der Waals surface area contributed by atoms with E-state index in [4.69, 9.17) is 5.73 Å². The van der Waals surface area contributed by atoms with Crippen LogP contribution in [0, 0.1) is 29.1 Å². The standard InChI is InChI=1S/C17H30N2O/c1-11(2)3-15(18)16(20)19-10-17-7-12-4-13(8-17)6-14(5-12)9-17/h11-15H,3-10,18H2,1-2H3,(H,19,20). The summed E-state index contributed by atoms with van der Waals surface area (Å²) in [6.07, 6.45) is 9.20.